The summed E-state index contributed by atoms with van der Waals surface area (Å²) in [6.07, 6.45) is 3.63. The number of amides is 2. The lowest BCUT2D eigenvalue weighted by molar-refractivity contribution is -0.129. The van der Waals surface area contributed by atoms with Crippen LogP contribution >= 0.6 is 0 Å². The number of aromatic nitrogens is 2. The molecule has 1 unspecified atom stereocenters. The third-order valence-corrected chi connectivity index (χ3v) is 4.94. The molecule has 0 saturated carbocycles. The van der Waals surface area contributed by atoms with Gasteiger partial charge in [0.25, 0.3) is 0 Å². The molecule has 1 aromatic carbocycles. The van der Waals surface area contributed by atoms with Crippen molar-refractivity contribution in [1.82, 2.24) is 20.0 Å². The van der Waals surface area contributed by atoms with Gasteiger partial charge in [0.15, 0.2) is 0 Å². The van der Waals surface area contributed by atoms with Crippen LogP contribution in [0.3, 0.4) is 0 Å². The molecule has 2 amide bonds. The Morgan fingerprint density at radius 1 is 1.28 bits per heavy atom. The van der Waals surface area contributed by atoms with Crippen LogP contribution in [0.5, 0.6) is 5.75 Å². The van der Waals surface area contributed by atoms with Crippen LogP contribution < -0.4 is 10.1 Å². The van der Waals surface area contributed by atoms with Gasteiger partial charge in [0.05, 0.1) is 43.8 Å². The van der Waals surface area contributed by atoms with Gasteiger partial charge in [-0.2, -0.15) is 5.10 Å². The van der Waals surface area contributed by atoms with Crippen LogP contribution in [-0.2, 0) is 22.7 Å². The van der Waals surface area contributed by atoms with Gasteiger partial charge in [-0.05, 0) is 42.5 Å². The van der Waals surface area contributed by atoms with Gasteiger partial charge in [0.2, 0.25) is 11.8 Å². The maximum atomic E-state index is 12.5. The molecule has 8 heteroatoms. The number of carbonyl (C=O) groups is 2. The predicted octanol–water partition coefficient (Wildman–Crippen LogP) is 2.14. The highest BCUT2D eigenvalue weighted by Gasteiger charge is 2.34. The second kappa shape index (κ2) is 8.22. The minimum absolute atomic E-state index is 0.0367. The number of rotatable bonds is 7. The Hall–Kier alpha value is -3.55. The molecular formula is C21H22N4O4. The molecule has 150 valence electrons. The van der Waals surface area contributed by atoms with Gasteiger partial charge >= 0.3 is 0 Å². The van der Waals surface area contributed by atoms with Crippen molar-refractivity contribution in [1.29, 1.82) is 0 Å². The minimum atomic E-state index is -0.360. The fourth-order valence-electron chi connectivity index (χ4n) is 3.35. The number of methoxy groups -OCH3 is 1. The molecule has 29 heavy (non-hydrogen) atoms. The van der Waals surface area contributed by atoms with Gasteiger partial charge in [-0.15, -0.1) is 0 Å². The van der Waals surface area contributed by atoms with Crippen molar-refractivity contribution >= 4 is 11.8 Å². The average Bonchev–Trinajstić information content (AvgIpc) is 3.49. The third-order valence-electron chi connectivity index (χ3n) is 4.94. The number of hydrogen-bond donors (Lipinski definition) is 1. The molecule has 2 aromatic heterocycles. The minimum Gasteiger partial charge on any atom is -0.497 e. The Kier molecular flexibility index (Phi) is 5.33. The molecule has 1 aliphatic heterocycles. The average molecular weight is 394 g/mol. The van der Waals surface area contributed by atoms with E-state index < -0.39 is 0 Å². The predicted molar refractivity (Wildman–Crippen MR) is 104 cm³/mol. The van der Waals surface area contributed by atoms with Crippen molar-refractivity contribution < 1.29 is 18.7 Å². The van der Waals surface area contributed by atoms with Crippen LogP contribution in [0.1, 0.15) is 17.9 Å². The van der Waals surface area contributed by atoms with Crippen molar-refractivity contribution in [2.45, 2.75) is 19.5 Å². The molecule has 0 radical (unpaired) electrons. The first-order valence-corrected chi connectivity index (χ1v) is 9.39. The quantitative estimate of drug-likeness (QED) is 0.663. The highest BCUT2D eigenvalue weighted by atomic mass is 16.5. The highest BCUT2D eigenvalue weighted by Crippen LogP contribution is 2.21. The second-order valence-corrected chi connectivity index (χ2v) is 6.92. The van der Waals surface area contributed by atoms with Crippen LogP contribution in [0, 0.1) is 5.92 Å². The molecule has 8 nitrogen and oxygen atoms in total. The van der Waals surface area contributed by atoms with Gasteiger partial charge in [-0.1, -0.05) is 0 Å². The van der Waals surface area contributed by atoms with Crippen LogP contribution in [0.4, 0.5) is 0 Å². The molecule has 1 saturated heterocycles. The summed E-state index contributed by atoms with van der Waals surface area (Å²) in [5.41, 5.74) is 1.64. The Balaban J connectivity index is 1.30. The summed E-state index contributed by atoms with van der Waals surface area (Å²) in [6, 6.07) is 13.0. The molecule has 0 aliphatic carbocycles. The molecule has 3 heterocycles. The molecule has 1 aliphatic rings. The van der Waals surface area contributed by atoms with E-state index in [1.165, 1.54) is 0 Å². The molecule has 0 bridgehead atoms. The fourth-order valence-corrected chi connectivity index (χ4v) is 3.35. The summed E-state index contributed by atoms with van der Waals surface area (Å²) in [7, 11) is 1.62. The lowest BCUT2D eigenvalue weighted by Crippen LogP contribution is -2.32. The van der Waals surface area contributed by atoms with E-state index in [2.05, 4.69) is 10.4 Å². The molecule has 4 rings (SSSR count). The standard InChI is InChI=1S/C21H22N4O4/c1-28-18-6-4-17(5-7-18)25-9-8-16(23-25)12-22-21(27)15-11-20(26)24(13-15)14-19-3-2-10-29-19/h2-10,15H,11-14H2,1H3,(H,22,27). The largest absolute Gasteiger partial charge is 0.497 e. The molecule has 0 spiro atoms. The number of furan rings is 1. The number of carbonyl (C=O) groups excluding carboxylic acids is 2. The van der Waals surface area contributed by atoms with Crippen molar-refractivity contribution in [3.8, 4) is 11.4 Å². The van der Waals surface area contributed by atoms with E-state index in [-0.39, 0.29) is 24.2 Å². The molecular weight excluding hydrogens is 372 g/mol. The smallest absolute Gasteiger partial charge is 0.225 e. The van der Waals surface area contributed by atoms with Crippen molar-refractivity contribution in [2.75, 3.05) is 13.7 Å². The van der Waals surface area contributed by atoms with E-state index in [1.807, 2.05) is 42.6 Å². The number of benzene rings is 1. The van der Waals surface area contributed by atoms with E-state index in [1.54, 1.807) is 29.0 Å². The number of likely N-dealkylation sites (tertiary alicyclic amines) is 1. The van der Waals surface area contributed by atoms with Crippen LogP contribution in [-0.4, -0.2) is 40.1 Å². The molecule has 1 fully saturated rings. The molecule has 1 N–H and O–H groups in total. The van der Waals surface area contributed by atoms with Gasteiger partial charge in [0.1, 0.15) is 11.5 Å². The van der Waals surface area contributed by atoms with Crippen molar-refractivity contribution in [3.05, 3.63) is 66.4 Å². The van der Waals surface area contributed by atoms with E-state index in [9.17, 15) is 9.59 Å². The molecule has 3 aromatic rings. The zero-order valence-corrected chi connectivity index (χ0v) is 16.1. The maximum absolute atomic E-state index is 12.5. The summed E-state index contributed by atoms with van der Waals surface area (Å²) in [5.74, 6) is 0.954. The van der Waals surface area contributed by atoms with Gasteiger partial charge < -0.3 is 19.4 Å². The van der Waals surface area contributed by atoms with Gasteiger partial charge in [-0.25, -0.2) is 4.68 Å². The first kappa shape index (κ1) is 18.8. The normalized spacial score (nSPS) is 16.2. The lowest BCUT2D eigenvalue weighted by Gasteiger charge is -2.14. The first-order chi connectivity index (χ1) is 14.1. The summed E-state index contributed by atoms with van der Waals surface area (Å²) < 4.78 is 12.2. The SMILES string of the molecule is COc1ccc(-n2ccc(CNC(=O)C3CC(=O)N(Cc4ccco4)C3)n2)cc1. The zero-order valence-electron chi connectivity index (χ0n) is 16.1. The van der Waals surface area contributed by atoms with E-state index in [4.69, 9.17) is 9.15 Å². The third kappa shape index (κ3) is 4.31. The van der Waals surface area contributed by atoms with Crippen LogP contribution in [0.2, 0.25) is 0 Å². The number of nitrogens with zero attached hydrogens (tertiary/aromatic N) is 3. The Morgan fingerprint density at radius 2 is 2.10 bits per heavy atom. The Morgan fingerprint density at radius 3 is 2.83 bits per heavy atom. The van der Waals surface area contributed by atoms with E-state index in [0.29, 0.717) is 25.4 Å². The topological polar surface area (TPSA) is 89.6 Å². The summed E-state index contributed by atoms with van der Waals surface area (Å²) in [6.45, 7) is 1.10. The monoisotopic (exact) mass is 394 g/mol. The van der Waals surface area contributed by atoms with Crippen LogP contribution in [0.15, 0.2) is 59.3 Å². The summed E-state index contributed by atoms with van der Waals surface area (Å²) >= 11 is 0. The van der Waals surface area contributed by atoms with Crippen molar-refractivity contribution in [3.63, 3.8) is 0 Å². The van der Waals surface area contributed by atoms with E-state index in [0.717, 1.165) is 17.1 Å². The first-order valence-electron chi connectivity index (χ1n) is 9.39. The summed E-state index contributed by atoms with van der Waals surface area (Å²) in [4.78, 5) is 26.3. The van der Waals surface area contributed by atoms with E-state index >= 15 is 0 Å². The van der Waals surface area contributed by atoms with Crippen LogP contribution in [0.25, 0.3) is 5.69 Å². The summed E-state index contributed by atoms with van der Waals surface area (Å²) in [5, 5.41) is 7.37. The second-order valence-electron chi connectivity index (χ2n) is 6.92. The maximum Gasteiger partial charge on any atom is 0.225 e. The Labute approximate surface area is 168 Å². The number of ether oxygens (including phenoxy) is 1. The number of hydrogen-bond acceptors (Lipinski definition) is 5. The molecule has 1 atom stereocenters. The number of nitrogens with one attached hydrogen (secondary N) is 1. The Bertz CT molecular complexity index is 979. The zero-order chi connectivity index (χ0) is 20.2. The lowest BCUT2D eigenvalue weighted by atomic mass is 10.1. The van der Waals surface area contributed by atoms with Crippen molar-refractivity contribution in [2.24, 2.45) is 5.92 Å². The van der Waals surface area contributed by atoms with Gasteiger partial charge in [-0.3, -0.25) is 9.59 Å². The highest BCUT2D eigenvalue weighted by molar-refractivity contribution is 5.89. The van der Waals surface area contributed by atoms with Gasteiger partial charge in [0, 0.05) is 19.2 Å². The fraction of sp³-hybridized carbons (Fsp3) is 0.286.